The van der Waals surface area contributed by atoms with E-state index in [-0.39, 0.29) is 180 Å². The molecule has 4 fully saturated rings. The Morgan fingerprint density at radius 3 is 0.949 bits per heavy atom. The third kappa shape index (κ3) is 37.9. The van der Waals surface area contributed by atoms with Crippen molar-refractivity contribution in [2.24, 2.45) is 20.6 Å². The predicted octanol–water partition coefficient (Wildman–Crippen LogP) is 14.8. The molecule has 138 heavy (non-hydrogen) atoms. The third-order valence-corrected chi connectivity index (χ3v) is 23.7. The van der Waals surface area contributed by atoms with Crippen molar-refractivity contribution in [2.75, 3.05) is 105 Å². The van der Waals surface area contributed by atoms with Crippen LogP contribution in [0.2, 0.25) is 10.0 Å². The van der Waals surface area contributed by atoms with Gasteiger partial charge in [-0.2, -0.15) is 0 Å². The smallest absolute Gasteiger partial charge is 0.508 e. The van der Waals surface area contributed by atoms with Crippen LogP contribution in [0.3, 0.4) is 0 Å². The number of phosphoric ester groups is 2. The lowest BCUT2D eigenvalue weighted by atomic mass is 9.99. The molecule has 8 heterocycles. The minimum absolute atomic E-state index is 0.0184. The van der Waals surface area contributed by atoms with Gasteiger partial charge >= 0.3 is 39.5 Å². The number of likely N-dealkylation sites (tertiary alicyclic amines) is 4. The molecule has 0 atom stereocenters. The average Bonchev–Trinajstić information content (AvgIpc) is 0.787. The number of amides is 4. The molecule has 0 aliphatic carbocycles. The van der Waals surface area contributed by atoms with Gasteiger partial charge in [-0.05, 0) is 213 Å². The van der Waals surface area contributed by atoms with Gasteiger partial charge in [0.1, 0.15) is 62.5 Å². The van der Waals surface area contributed by atoms with E-state index in [0.29, 0.717) is 87.4 Å². The summed E-state index contributed by atoms with van der Waals surface area (Å²) in [6.45, 7) is 5.18. The van der Waals surface area contributed by atoms with Crippen LogP contribution in [0.15, 0.2) is 154 Å². The number of halogens is 2. The summed E-state index contributed by atoms with van der Waals surface area (Å²) in [5.74, 6) is -7.13. The first-order valence-electron chi connectivity index (χ1n) is 45.9. The van der Waals surface area contributed by atoms with Crippen LogP contribution in [0.5, 0.6) is 46.0 Å². The Morgan fingerprint density at radius 1 is 0.326 bits per heavy atom. The van der Waals surface area contributed by atoms with E-state index in [0.717, 1.165) is 166 Å². The van der Waals surface area contributed by atoms with Crippen LogP contribution >= 0.6 is 38.8 Å². The number of nitrogens with zero attached hydrogens (tertiary/aromatic N) is 8. The van der Waals surface area contributed by atoms with E-state index in [2.05, 4.69) is 29.7 Å². The number of phosphoric acid groups is 2. The minimum Gasteiger partial charge on any atom is -0.508 e. The molecule has 0 aromatic heterocycles. The highest BCUT2D eigenvalue weighted by Crippen LogP contribution is 2.47. The average molecular weight is 2000 g/mol. The van der Waals surface area contributed by atoms with Crippen LogP contribution in [0, 0.1) is 0 Å². The number of carbonyl (C=O) groups excluding carboxylic acids is 8. The number of hydrogen-bond acceptors (Lipinski definition) is 30. The number of ether oxygens (including phenoxy) is 4. The number of rotatable bonds is 16. The first-order valence-corrected chi connectivity index (χ1v) is 49.7. The summed E-state index contributed by atoms with van der Waals surface area (Å²) in [6.07, 6.45) is 49.9. The van der Waals surface area contributed by atoms with Crippen molar-refractivity contribution in [3.8, 4) is 46.0 Å². The molecule has 4 amide bonds. The molecule has 748 valence electrons. The highest BCUT2D eigenvalue weighted by molar-refractivity contribution is 7.47. The molecule has 0 saturated carbocycles. The van der Waals surface area contributed by atoms with Crippen LogP contribution in [-0.4, -0.2) is 245 Å². The number of oxime groups is 4. The zero-order chi connectivity index (χ0) is 99.2. The van der Waals surface area contributed by atoms with E-state index in [1.807, 2.05) is 72.9 Å². The molecular formula is C96H120Cl2N8O30P2. The molecule has 4 aromatic rings. The van der Waals surface area contributed by atoms with E-state index in [1.54, 1.807) is 43.9 Å². The number of aromatic hydroxyl groups is 6. The fourth-order valence-electron chi connectivity index (χ4n) is 15.2. The standard InChI is InChI=1S/C24H30ClN2O9P.C24H29ClN2O6.C24H31N2O9P.C24H30N2O6/c25-23-18-14-17(26-35-16-21(29)27-11-7-5-8-12-27)10-6-3-1-2-4-9-13-34-24(30)22(18)19(28)15-20(23)36-37(31,32)33;25-23-18-14-17(26-33-16-21(30)27-11-7-5-8-12-27)10-6-3-1-2-4-9-13-32-24(31)22(18)19(28)15-20(23)29;27-21-16-20(35-36(30,31)32)15-18-14-19(25-34-17-22(28)26-11-7-5-8-12-26)10-6-3-1-2-4-9-13-33-24(29)23(18)21;27-20-15-18-14-19(25-32-17-22(29)26-11-7-5-8-12-26)10-6-3-1-2-4-9-13-31-24(30)23(18)21(28)16-20/h2,4,6,10,15,28H,1,3,5,7-9,11-14,16H2,(H2,31,32,33);2,4,6,10,15,28-29H,1,3,5,7-9,11-14,16H2;2,4,6,10,15-16,27H,1,3,5,7-9,11-14,17H2,(H2,30,31,32);2,4,6,10,15-16,27-28H,1,3,5,7-9,11-14,17H2/b2*4-2+,10-6+,26-17+;2*4-2+,10-6+,25-19+. The molecule has 4 aromatic carbocycles. The molecule has 8 aliphatic heterocycles. The van der Waals surface area contributed by atoms with Crippen LogP contribution in [-0.2, 0) is 92.3 Å². The number of piperidine rings is 4. The van der Waals surface area contributed by atoms with Gasteiger partial charge in [0.05, 0.1) is 59.3 Å². The van der Waals surface area contributed by atoms with Crippen molar-refractivity contribution in [1.29, 1.82) is 0 Å². The number of cyclic esters (lactones) is 4. The zero-order valence-electron chi connectivity index (χ0n) is 76.7. The molecule has 38 nitrogen and oxygen atoms in total. The second-order valence-corrected chi connectivity index (χ2v) is 35.8. The first kappa shape index (κ1) is 109. The van der Waals surface area contributed by atoms with Gasteiger partial charge in [0.15, 0.2) is 32.2 Å². The van der Waals surface area contributed by atoms with Crippen molar-refractivity contribution >= 4 is 109 Å². The lowest BCUT2D eigenvalue weighted by Crippen LogP contribution is -2.37. The number of phenolic OH excluding ortho intramolecular Hbond substituents is 6. The van der Waals surface area contributed by atoms with Gasteiger partial charge in [0.2, 0.25) is 0 Å². The highest BCUT2D eigenvalue weighted by Gasteiger charge is 2.32. The minimum atomic E-state index is -5.03. The lowest BCUT2D eigenvalue weighted by Gasteiger charge is -2.26. The number of fused-ring (bicyclic) bond motifs is 4. The fraction of sp³-hybridized carbons (Fsp3) is 0.458. The normalized spacial score (nSPS) is 20.7. The molecule has 8 aliphatic rings. The quantitative estimate of drug-likeness (QED) is 0.0164. The summed E-state index contributed by atoms with van der Waals surface area (Å²) in [5, 5.41) is 77.7. The third-order valence-electron chi connectivity index (χ3n) is 22.0. The molecule has 12 rings (SSSR count). The maximum absolute atomic E-state index is 12.8. The number of hydrogen-bond donors (Lipinski definition) is 10. The topological polar surface area (TPSA) is 528 Å². The van der Waals surface area contributed by atoms with E-state index in [4.69, 9.17) is 61.5 Å². The zero-order valence-corrected chi connectivity index (χ0v) is 80.0. The number of benzene rings is 4. The summed E-state index contributed by atoms with van der Waals surface area (Å²) in [4.78, 5) is 165. The molecule has 42 heteroatoms. The fourth-order valence-corrected chi connectivity index (χ4v) is 16.5. The van der Waals surface area contributed by atoms with Gasteiger partial charge < -0.3 is 97.6 Å². The molecule has 10 N–H and O–H groups in total. The summed E-state index contributed by atoms with van der Waals surface area (Å²) in [7, 11) is -9.95. The summed E-state index contributed by atoms with van der Waals surface area (Å²) in [5.41, 5.74) is 1.42. The molecule has 0 spiro atoms. The number of carbonyl (C=O) groups is 8. The van der Waals surface area contributed by atoms with Crippen LogP contribution in [0.25, 0.3) is 0 Å². The highest BCUT2D eigenvalue weighted by atomic mass is 35.5. The van der Waals surface area contributed by atoms with Crippen molar-refractivity contribution in [3.05, 3.63) is 188 Å². The summed E-state index contributed by atoms with van der Waals surface area (Å²) < 4.78 is 53.0. The Bertz CT molecular complexity index is 5340. The van der Waals surface area contributed by atoms with Gasteiger partial charge in [0, 0.05) is 102 Å². The van der Waals surface area contributed by atoms with Gasteiger partial charge in [-0.3, -0.25) is 38.8 Å². The van der Waals surface area contributed by atoms with Gasteiger partial charge in [-0.15, -0.1) is 0 Å². The number of allylic oxidation sites excluding steroid dienone is 12. The lowest BCUT2D eigenvalue weighted by molar-refractivity contribution is -0.137. The summed E-state index contributed by atoms with van der Waals surface area (Å²) in [6, 6.07) is 6.50. The van der Waals surface area contributed by atoms with Gasteiger partial charge in [-0.25, -0.2) is 28.3 Å². The first-order chi connectivity index (χ1) is 66.4. The molecule has 0 radical (unpaired) electrons. The Morgan fingerprint density at radius 2 is 0.609 bits per heavy atom. The van der Waals surface area contributed by atoms with E-state index >= 15 is 0 Å². The number of esters is 4. The molecule has 0 bridgehead atoms. The van der Waals surface area contributed by atoms with Crippen LogP contribution in [0.1, 0.15) is 218 Å². The van der Waals surface area contributed by atoms with Crippen molar-refractivity contribution in [1.82, 2.24) is 19.6 Å². The SMILES string of the molecule is O=C1OCC/C=C/CC/C=C/C(=N\OCC(=O)N2CCCCC2)Cc2c(Cl)c(O)cc(O)c21.O=C1OCC/C=C/CC/C=C/C(=N\OCC(=O)N2CCCCC2)Cc2c(Cl)c(OP(=O)(O)O)cc(O)c21.O=C1OCC/C=C/CC/C=C/C(=N\OCC(=O)N2CCCCC2)Cc2cc(O)cc(O)c21.O=C1OCC/C=C/CC/C=C/C(=N\OCC(=O)N2CCCCC2)Cc2cc(OP(=O)(O)O)cc(O)c21. The van der Waals surface area contributed by atoms with Crippen LogP contribution in [0.4, 0.5) is 0 Å². The maximum Gasteiger partial charge on any atom is 0.524 e. The largest absolute Gasteiger partial charge is 0.524 e. The Hall–Kier alpha value is -12.3. The van der Waals surface area contributed by atoms with E-state index in [1.165, 1.54) is 12.1 Å². The maximum atomic E-state index is 12.8. The molecule has 4 saturated heterocycles. The molecular weight excluding hydrogens is 1880 g/mol. The van der Waals surface area contributed by atoms with Crippen molar-refractivity contribution < 1.29 is 145 Å². The predicted molar refractivity (Wildman–Crippen MR) is 511 cm³/mol. The van der Waals surface area contributed by atoms with E-state index in [9.17, 15) is 97.7 Å². The van der Waals surface area contributed by atoms with Crippen molar-refractivity contribution in [3.63, 3.8) is 0 Å². The summed E-state index contributed by atoms with van der Waals surface area (Å²) >= 11 is 12.7. The Balaban J connectivity index is 0.000000206. The molecule has 0 unspecified atom stereocenters. The number of phenols is 6. The van der Waals surface area contributed by atoms with Gasteiger partial charge in [0.25, 0.3) is 23.6 Å². The monoisotopic (exact) mass is 2000 g/mol. The van der Waals surface area contributed by atoms with Crippen molar-refractivity contribution in [2.45, 2.75) is 180 Å². The van der Waals surface area contributed by atoms with Crippen LogP contribution < -0.4 is 9.05 Å². The van der Waals surface area contributed by atoms with Gasteiger partial charge in [-0.1, -0.05) is 117 Å². The Kier molecular flexibility index (Phi) is 45.8. The second kappa shape index (κ2) is 57.8. The second-order valence-electron chi connectivity index (χ2n) is 32.7. The van der Waals surface area contributed by atoms with E-state index < -0.39 is 62.5 Å². The Labute approximate surface area is 809 Å².